The second kappa shape index (κ2) is 10.1. The smallest absolute Gasteiger partial charge is 0.222 e. The van der Waals surface area contributed by atoms with Crippen LogP contribution in [0.4, 0.5) is 0 Å². The molecular weight excluding hydrogens is 312 g/mol. The van der Waals surface area contributed by atoms with Gasteiger partial charge in [0.1, 0.15) is 0 Å². The third kappa shape index (κ3) is 7.37. The lowest BCUT2D eigenvalue weighted by Crippen LogP contribution is -2.39. The van der Waals surface area contributed by atoms with Crippen LogP contribution in [0, 0.1) is 5.92 Å². The van der Waals surface area contributed by atoms with E-state index in [1.807, 2.05) is 57.0 Å². The maximum Gasteiger partial charge on any atom is 0.222 e. The Labute approximate surface area is 144 Å². The highest BCUT2D eigenvalue weighted by molar-refractivity contribution is 6.30. The van der Waals surface area contributed by atoms with E-state index in [1.165, 1.54) is 0 Å². The van der Waals surface area contributed by atoms with Gasteiger partial charge in [0.15, 0.2) is 5.96 Å². The van der Waals surface area contributed by atoms with E-state index in [-0.39, 0.29) is 11.8 Å². The van der Waals surface area contributed by atoms with Gasteiger partial charge in [-0.05, 0) is 24.6 Å². The van der Waals surface area contributed by atoms with Crippen LogP contribution in [0.3, 0.4) is 0 Å². The molecule has 0 saturated heterocycles. The number of carbonyl (C=O) groups is 1. The van der Waals surface area contributed by atoms with E-state index in [1.54, 1.807) is 0 Å². The molecule has 0 radical (unpaired) electrons. The normalized spacial score (nSPS) is 11.5. The number of guanidine groups is 1. The Hall–Kier alpha value is -1.75. The third-order valence-corrected chi connectivity index (χ3v) is 3.44. The number of amides is 1. The van der Waals surface area contributed by atoms with Crippen LogP contribution in [0.25, 0.3) is 0 Å². The Kier molecular flexibility index (Phi) is 8.48. The van der Waals surface area contributed by atoms with Crippen LogP contribution in [0.2, 0.25) is 5.02 Å². The van der Waals surface area contributed by atoms with Crippen LogP contribution in [-0.2, 0) is 11.3 Å². The molecule has 0 spiro atoms. The predicted molar refractivity (Wildman–Crippen MR) is 96.7 cm³/mol. The Balaban J connectivity index is 2.58. The Morgan fingerprint density at radius 3 is 2.70 bits per heavy atom. The lowest BCUT2D eigenvalue weighted by molar-refractivity contribution is -0.123. The van der Waals surface area contributed by atoms with Crippen LogP contribution in [0.5, 0.6) is 0 Å². The van der Waals surface area contributed by atoms with Crippen molar-refractivity contribution < 1.29 is 4.79 Å². The summed E-state index contributed by atoms with van der Waals surface area (Å²) in [5, 5.41) is 6.86. The largest absolute Gasteiger partial charge is 0.357 e. The van der Waals surface area contributed by atoms with E-state index in [2.05, 4.69) is 15.6 Å². The molecular formula is C17H27ClN4O. The van der Waals surface area contributed by atoms with Crippen molar-refractivity contribution in [2.45, 2.75) is 27.3 Å². The fourth-order valence-corrected chi connectivity index (χ4v) is 2.21. The molecule has 128 valence electrons. The van der Waals surface area contributed by atoms with Crippen molar-refractivity contribution in [2.75, 3.05) is 26.7 Å². The highest BCUT2D eigenvalue weighted by atomic mass is 35.5. The lowest BCUT2D eigenvalue weighted by atomic mass is 10.2. The number of hydrogen-bond donors (Lipinski definition) is 2. The number of carbonyl (C=O) groups excluding carboxylic acids is 1. The number of halogens is 1. The zero-order valence-corrected chi connectivity index (χ0v) is 15.2. The van der Waals surface area contributed by atoms with E-state index < -0.39 is 0 Å². The van der Waals surface area contributed by atoms with Gasteiger partial charge < -0.3 is 15.5 Å². The topological polar surface area (TPSA) is 56.7 Å². The van der Waals surface area contributed by atoms with Gasteiger partial charge in [0.05, 0.1) is 6.54 Å². The second-order valence-corrected chi connectivity index (χ2v) is 6.10. The quantitative estimate of drug-likeness (QED) is 0.456. The molecule has 1 aromatic rings. The summed E-state index contributed by atoms with van der Waals surface area (Å²) in [6, 6.07) is 7.79. The standard InChI is InChI=1S/C17H27ClN4O/c1-5-19-17(21-10-9-20-16(23)13(2)3)22(4)12-14-7-6-8-15(18)11-14/h6-8,11,13H,5,9-10,12H2,1-4H3,(H,19,21)(H,20,23). The van der Waals surface area contributed by atoms with Gasteiger partial charge in [-0.1, -0.05) is 37.6 Å². The summed E-state index contributed by atoms with van der Waals surface area (Å²) >= 11 is 6.02. The van der Waals surface area contributed by atoms with Gasteiger partial charge in [0, 0.05) is 37.6 Å². The molecule has 0 fully saturated rings. The fourth-order valence-electron chi connectivity index (χ4n) is 2.00. The molecule has 2 N–H and O–H groups in total. The molecule has 0 aliphatic carbocycles. The molecule has 0 aliphatic rings. The monoisotopic (exact) mass is 338 g/mol. The molecule has 0 heterocycles. The molecule has 0 atom stereocenters. The highest BCUT2D eigenvalue weighted by Crippen LogP contribution is 2.12. The van der Waals surface area contributed by atoms with Crippen molar-refractivity contribution in [3.63, 3.8) is 0 Å². The summed E-state index contributed by atoms with van der Waals surface area (Å²) in [4.78, 5) is 18.1. The average molecular weight is 339 g/mol. The van der Waals surface area contributed by atoms with Crippen LogP contribution in [0.1, 0.15) is 26.3 Å². The molecule has 0 aliphatic heterocycles. The summed E-state index contributed by atoms with van der Waals surface area (Å²) in [6.07, 6.45) is 0. The fraction of sp³-hybridized carbons (Fsp3) is 0.529. The summed E-state index contributed by atoms with van der Waals surface area (Å²) < 4.78 is 0. The summed E-state index contributed by atoms with van der Waals surface area (Å²) in [5.41, 5.74) is 1.12. The first-order valence-corrected chi connectivity index (χ1v) is 8.33. The summed E-state index contributed by atoms with van der Waals surface area (Å²) in [7, 11) is 1.98. The molecule has 1 amide bonds. The van der Waals surface area contributed by atoms with Crippen molar-refractivity contribution in [3.8, 4) is 0 Å². The lowest BCUT2D eigenvalue weighted by Gasteiger charge is -2.22. The van der Waals surface area contributed by atoms with Crippen LogP contribution in [0.15, 0.2) is 29.3 Å². The minimum absolute atomic E-state index is 0.00211. The number of hydrogen-bond acceptors (Lipinski definition) is 2. The highest BCUT2D eigenvalue weighted by Gasteiger charge is 2.08. The van der Waals surface area contributed by atoms with Gasteiger partial charge in [-0.3, -0.25) is 9.79 Å². The molecule has 6 heteroatoms. The first-order valence-electron chi connectivity index (χ1n) is 7.95. The van der Waals surface area contributed by atoms with Crippen LogP contribution >= 0.6 is 11.6 Å². The molecule has 0 unspecified atom stereocenters. The van der Waals surface area contributed by atoms with Gasteiger partial charge in [-0.25, -0.2) is 0 Å². The molecule has 1 rings (SSSR count). The summed E-state index contributed by atoms with van der Waals surface area (Å²) in [6.45, 7) is 8.37. The molecule has 0 saturated carbocycles. The first kappa shape index (κ1) is 19.3. The zero-order valence-electron chi connectivity index (χ0n) is 14.4. The van der Waals surface area contributed by atoms with E-state index in [4.69, 9.17) is 11.6 Å². The van der Waals surface area contributed by atoms with Crippen molar-refractivity contribution in [3.05, 3.63) is 34.9 Å². The van der Waals surface area contributed by atoms with Crippen molar-refractivity contribution in [1.29, 1.82) is 0 Å². The SMILES string of the molecule is CCNC(=NCCNC(=O)C(C)C)N(C)Cc1cccc(Cl)c1. The van der Waals surface area contributed by atoms with Gasteiger partial charge in [0.25, 0.3) is 0 Å². The number of benzene rings is 1. The minimum atomic E-state index is -0.00211. The third-order valence-electron chi connectivity index (χ3n) is 3.20. The Bertz CT molecular complexity index is 531. The second-order valence-electron chi connectivity index (χ2n) is 5.67. The molecule has 1 aromatic carbocycles. The van der Waals surface area contributed by atoms with Crippen LogP contribution in [-0.4, -0.2) is 43.4 Å². The number of aliphatic imine (C=N–C) groups is 1. The minimum Gasteiger partial charge on any atom is -0.357 e. The van der Waals surface area contributed by atoms with E-state index in [0.717, 1.165) is 23.1 Å². The average Bonchev–Trinajstić information content (AvgIpc) is 2.49. The molecule has 0 bridgehead atoms. The maximum absolute atomic E-state index is 11.5. The Morgan fingerprint density at radius 1 is 1.35 bits per heavy atom. The van der Waals surface area contributed by atoms with Crippen molar-refractivity contribution in [2.24, 2.45) is 10.9 Å². The van der Waals surface area contributed by atoms with Crippen molar-refractivity contribution in [1.82, 2.24) is 15.5 Å². The molecule has 0 aromatic heterocycles. The Morgan fingerprint density at radius 2 is 2.09 bits per heavy atom. The number of rotatable bonds is 7. The maximum atomic E-state index is 11.5. The molecule has 5 nitrogen and oxygen atoms in total. The predicted octanol–water partition coefficient (Wildman–Crippen LogP) is 2.51. The van der Waals surface area contributed by atoms with E-state index in [9.17, 15) is 4.79 Å². The number of nitrogens with one attached hydrogen (secondary N) is 2. The van der Waals surface area contributed by atoms with Gasteiger partial charge in [-0.15, -0.1) is 0 Å². The summed E-state index contributed by atoms with van der Waals surface area (Å²) in [5.74, 6) is 0.862. The molecule has 23 heavy (non-hydrogen) atoms. The number of nitrogens with zero attached hydrogens (tertiary/aromatic N) is 2. The van der Waals surface area contributed by atoms with E-state index >= 15 is 0 Å². The van der Waals surface area contributed by atoms with Crippen LogP contribution < -0.4 is 10.6 Å². The first-order chi connectivity index (χ1) is 10.9. The zero-order chi connectivity index (χ0) is 17.2. The van der Waals surface area contributed by atoms with Crippen molar-refractivity contribution >= 4 is 23.5 Å². The van der Waals surface area contributed by atoms with E-state index in [0.29, 0.717) is 19.6 Å². The van der Waals surface area contributed by atoms with Gasteiger partial charge in [-0.2, -0.15) is 0 Å². The van der Waals surface area contributed by atoms with Gasteiger partial charge in [0.2, 0.25) is 5.91 Å². The van der Waals surface area contributed by atoms with Gasteiger partial charge >= 0.3 is 0 Å².